The van der Waals surface area contributed by atoms with Gasteiger partial charge in [-0.2, -0.15) is 13.2 Å². The highest BCUT2D eigenvalue weighted by Gasteiger charge is 2.39. The molecule has 1 heterocycles. The van der Waals surface area contributed by atoms with Crippen molar-refractivity contribution >= 4 is 34.9 Å². The van der Waals surface area contributed by atoms with E-state index in [1.165, 1.54) is 25.2 Å². The number of benzene rings is 3. The fourth-order valence-corrected chi connectivity index (χ4v) is 5.57. The minimum Gasteiger partial charge on any atom is -0.497 e. The number of ether oxygens (including phenoxy) is 3. The molecule has 12 heteroatoms. The van der Waals surface area contributed by atoms with Crippen molar-refractivity contribution in [1.82, 2.24) is 0 Å². The highest BCUT2D eigenvalue weighted by Crippen LogP contribution is 2.43. The molecule has 0 spiro atoms. The summed E-state index contributed by atoms with van der Waals surface area (Å²) in [6.45, 7) is 0.515. The number of carboxylic acids is 1. The van der Waals surface area contributed by atoms with Gasteiger partial charge in [-0.15, -0.1) is 0 Å². The number of rotatable bonds is 10. The molecule has 1 aliphatic carbocycles. The molecule has 0 radical (unpaired) electrons. The second kappa shape index (κ2) is 12.2. The molecule has 1 fully saturated rings. The molecule has 1 saturated carbocycles. The largest absolute Gasteiger partial charge is 0.497 e. The van der Waals surface area contributed by atoms with Crippen LogP contribution in [0.25, 0.3) is 0 Å². The van der Waals surface area contributed by atoms with Gasteiger partial charge in [0.2, 0.25) is 0 Å². The molecule has 8 nitrogen and oxygen atoms in total. The normalized spacial score (nSPS) is 18.3. The van der Waals surface area contributed by atoms with E-state index in [-0.39, 0.29) is 29.8 Å². The van der Waals surface area contributed by atoms with Crippen molar-refractivity contribution in [3.63, 3.8) is 0 Å². The molecule has 2 N–H and O–H groups in total. The third kappa shape index (κ3) is 6.61. The Bertz CT molecular complexity index is 1510. The number of carboxylic acid groups (broad SMARTS) is 1. The number of carbonyl (C=O) groups is 2. The number of fused-ring (bicyclic) bond motifs is 1. The maximum absolute atomic E-state index is 14.1. The number of hydrogen-bond donors (Lipinski definition) is 2. The summed E-state index contributed by atoms with van der Waals surface area (Å²) in [7, 11) is 2.67. The average molecular weight is 619 g/mol. The van der Waals surface area contributed by atoms with Crippen LogP contribution in [0.1, 0.15) is 35.6 Å². The van der Waals surface area contributed by atoms with Gasteiger partial charge in [0, 0.05) is 41.1 Å². The molecular formula is C31H30ClF3N2O6. The van der Waals surface area contributed by atoms with Crippen LogP contribution in [0.15, 0.2) is 54.6 Å². The van der Waals surface area contributed by atoms with Crippen LogP contribution in [0, 0.1) is 11.8 Å². The Labute approximate surface area is 251 Å². The van der Waals surface area contributed by atoms with Gasteiger partial charge in [0.15, 0.2) is 0 Å². The maximum atomic E-state index is 14.1. The van der Waals surface area contributed by atoms with Crippen LogP contribution in [0.4, 0.5) is 24.5 Å². The lowest BCUT2D eigenvalue weighted by atomic mass is 9.75. The van der Waals surface area contributed by atoms with Gasteiger partial charge < -0.3 is 29.5 Å². The molecule has 0 saturated heterocycles. The quantitative estimate of drug-likeness (QED) is 0.264. The highest BCUT2D eigenvalue weighted by atomic mass is 35.5. The fraction of sp³-hybridized carbons (Fsp3) is 0.355. The van der Waals surface area contributed by atoms with Gasteiger partial charge in [0.25, 0.3) is 5.91 Å². The number of amides is 1. The number of halogens is 4. The number of hydrogen-bond acceptors (Lipinski definition) is 6. The first kappa shape index (κ1) is 30.3. The fourth-order valence-electron chi connectivity index (χ4n) is 5.44. The zero-order chi connectivity index (χ0) is 30.9. The van der Waals surface area contributed by atoms with E-state index in [4.69, 9.17) is 30.9 Å². The standard InChI is InChI=1S/C31H30ClF3N2O6/c1-41-23-12-22(13-24(14-23)43-16-17-9-20(10-17)30(39)40)36-28(18-3-5-21(32)6-4-18)29(38)37-8-7-19-11-27(42-2)25(15-26(19)37)31(33,34)35/h3-6,11-15,17,20,28,36H,7-10,16H2,1-2H3,(H,39,40)/t17-,20-,28?. The lowest BCUT2D eigenvalue weighted by molar-refractivity contribution is -0.146. The number of anilines is 2. The Hall–Kier alpha value is -4.12. The summed E-state index contributed by atoms with van der Waals surface area (Å²) < 4.78 is 57.9. The molecule has 1 aliphatic heterocycles. The van der Waals surface area contributed by atoms with Crippen LogP contribution >= 0.6 is 11.6 Å². The van der Waals surface area contributed by atoms with Gasteiger partial charge in [-0.25, -0.2) is 0 Å². The third-order valence-electron chi connectivity index (χ3n) is 7.82. The molecule has 1 atom stereocenters. The first-order chi connectivity index (χ1) is 20.5. The lowest BCUT2D eigenvalue weighted by Gasteiger charge is -2.32. The molecule has 3 aromatic carbocycles. The van der Waals surface area contributed by atoms with E-state index in [2.05, 4.69) is 5.32 Å². The van der Waals surface area contributed by atoms with Crippen molar-refractivity contribution in [2.24, 2.45) is 11.8 Å². The number of carbonyl (C=O) groups excluding carboxylic acids is 1. The molecule has 0 bridgehead atoms. The van der Waals surface area contributed by atoms with Crippen LogP contribution in [0.3, 0.4) is 0 Å². The molecule has 43 heavy (non-hydrogen) atoms. The summed E-state index contributed by atoms with van der Waals surface area (Å²) >= 11 is 6.10. The summed E-state index contributed by atoms with van der Waals surface area (Å²) in [5, 5.41) is 12.8. The van der Waals surface area contributed by atoms with Crippen molar-refractivity contribution in [2.45, 2.75) is 31.5 Å². The average Bonchev–Trinajstić information content (AvgIpc) is 3.37. The Morgan fingerprint density at radius 3 is 2.37 bits per heavy atom. The van der Waals surface area contributed by atoms with Gasteiger partial charge >= 0.3 is 12.1 Å². The maximum Gasteiger partial charge on any atom is 0.420 e. The van der Waals surface area contributed by atoms with Gasteiger partial charge in [-0.05, 0) is 60.6 Å². The summed E-state index contributed by atoms with van der Waals surface area (Å²) in [5.41, 5.74) is 0.817. The second-order valence-electron chi connectivity index (χ2n) is 10.6. The third-order valence-corrected chi connectivity index (χ3v) is 8.07. The van der Waals surface area contributed by atoms with Gasteiger partial charge in [-0.1, -0.05) is 23.7 Å². The van der Waals surface area contributed by atoms with E-state index in [1.54, 1.807) is 42.5 Å². The lowest BCUT2D eigenvalue weighted by Crippen LogP contribution is -2.37. The van der Waals surface area contributed by atoms with E-state index in [0.29, 0.717) is 59.2 Å². The molecule has 3 aromatic rings. The molecule has 5 rings (SSSR count). The van der Waals surface area contributed by atoms with Crippen LogP contribution in [0.5, 0.6) is 17.2 Å². The molecular weight excluding hydrogens is 589 g/mol. The van der Waals surface area contributed by atoms with Crippen LogP contribution in [0.2, 0.25) is 5.02 Å². The van der Waals surface area contributed by atoms with E-state index in [9.17, 15) is 22.8 Å². The smallest absolute Gasteiger partial charge is 0.420 e. The van der Waals surface area contributed by atoms with Crippen molar-refractivity contribution in [2.75, 3.05) is 37.6 Å². The molecule has 1 unspecified atom stereocenters. The van der Waals surface area contributed by atoms with Crippen LogP contribution in [-0.4, -0.2) is 44.4 Å². The number of nitrogens with one attached hydrogen (secondary N) is 1. The predicted molar refractivity (Wildman–Crippen MR) is 154 cm³/mol. The minimum absolute atomic E-state index is 0.113. The van der Waals surface area contributed by atoms with E-state index < -0.39 is 29.7 Å². The SMILES string of the molecule is COc1cc(NC(C(=O)N2CCc3cc(OC)c(C(F)(F)F)cc32)c2ccc(Cl)cc2)cc(OC[C@H]2C[C@H](C(=O)O)C2)c1. The number of nitrogens with zero attached hydrogens (tertiary/aromatic N) is 1. The Morgan fingerprint density at radius 1 is 1.05 bits per heavy atom. The van der Waals surface area contributed by atoms with Gasteiger partial charge in [0.1, 0.15) is 23.3 Å². The van der Waals surface area contributed by atoms with Crippen molar-refractivity contribution in [1.29, 1.82) is 0 Å². The number of aliphatic carboxylic acids is 1. The molecule has 228 valence electrons. The van der Waals surface area contributed by atoms with Crippen LogP contribution < -0.4 is 24.4 Å². The Kier molecular flexibility index (Phi) is 8.64. The number of alkyl halides is 3. The summed E-state index contributed by atoms with van der Waals surface area (Å²) in [6.07, 6.45) is -3.23. The summed E-state index contributed by atoms with van der Waals surface area (Å²) in [4.78, 5) is 26.6. The van der Waals surface area contributed by atoms with Crippen molar-refractivity contribution in [3.05, 3.63) is 76.3 Å². The Morgan fingerprint density at radius 2 is 1.74 bits per heavy atom. The molecule has 0 aromatic heterocycles. The van der Waals surface area contributed by atoms with Crippen molar-refractivity contribution in [3.8, 4) is 17.2 Å². The summed E-state index contributed by atoms with van der Waals surface area (Å²) in [5.74, 6) is -0.898. The molecule has 2 aliphatic rings. The van der Waals surface area contributed by atoms with Crippen molar-refractivity contribution < 1.29 is 42.1 Å². The predicted octanol–water partition coefficient (Wildman–Crippen LogP) is 6.61. The zero-order valence-electron chi connectivity index (χ0n) is 23.4. The monoisotopic (exact) mass is 618 g/mol. The highest BCUT2D eigenvalue weighted by molar-refractivity contribution is 6.30. The first-order valence-corrected chi connectivity index (χ1v) is 14.0. The second-order valence-corrected chi connectivity index (χ2v) is 11.1. The first-order valence-electron chi connectivity index (χ1n) is 13.6. The minimum atomic E-state index is -4.67. The summed E-state index contributed by atoms with van der Waals surface area (Å²) in [6, 6.07) is 13.0. The topological polar surface area (TPSA) is 97.3 Å². The zero-order valence-corrected chi connectivity index (χ0v) is 24.2. The van der Waals surface area contributed by atoms with Gasteiger partial charge in [-0.3, -0.25) is 9.59 Å². The number of methoxy groups -OCH3 is 2. The van der Waals surface area contributed by atoms with Gasteiger partial charge in [0.05, 0.1) is 32.3 Å². The van der Waals surface area contributed by atoms with Crippen LogP contribution in [-0.2, 0) is 22.2 Å². The molecule has 1 amide bonds. The van der Waals surface area contributed by atoms with E-state index in [0.717, 1.165) is 6.07 Å². The Balaban J connectivity index is 1.43. The van der Waals surface area contributed by atoms with E-state index in [1.807, 2.05) is 0 Å². The van der Waals surface area contributed by atoms with E-state index >= 15 is 0 Å².